The van der Waals surface area contributed by atoms with Crippen LogP contribution in [0.1, 0.15) is 46.7 Å². The molecule has 1 atom stereocenters. The van der Waals surface area contributed by atoms with Crippen LogP contribution in [0.3, 0.4) is 0 Å². The van der Waals surface area contributed by atoms with Crippen LogP contribution in [0.25, 0.3) is 0 Å². The second kappa shape index (κ2) is 5.14. The molecule has 0 fully saturated rings. The van der Waals surface area contributed by atoms with E-state index in [2.05, 4.69) is 36.4 Å². The van der Waals surface area contributed by atoms with Gasteiger partial charge in [-0.15, -0.1) is 5.10 Å². The predicted molar refractivity (Wildman–Crippen MR) is 67.6 cm³/mol. The Kier molecular flexibility index (Phi) is 4.27. The summed E-state index contributed by atoms with van der Waals surface area (Å²) in [7, 11) is 0. The third kappa shape index (κ3) is 4.44. The molecule has 0 aliphatic carbocycles. The molecule has 1 heterocycles. The molecule has 1 aromatic heterocycles. The highest BCUT2D eigenvalue weighted by Crippen LogP contribution is 2.12. The zero-order valence-electron chi connectivity index (χ0n) is 11.5. The lowest BCUT2D eigenvalue weighted by molar-refractivity contribution is 0.0555. The maximum Gasteiger partial charge on any atom is 0.0965 e. The van der Waals surface area contributed by atoms with Crippen LogP contribution in [0.5, 0.6) is 0 Å². The zero-order valence-corrected chi connectivity index (χ0v) is 11.5. The van der Waals surface area contributed by atoms with Crippen molar-refractivity contribution < 1.29 is 5.11 Å². The molecule has 17 heavy (non-hydrogen) atoms. The lowest BCUT2D eigenvalue weighted by Gasteiger charge is -2.21. The van der Waals surface area contributed by atoms with Gasteiger partial charge in [0.05, 0.1) is 23.0 Å². The summed E-state index contributed by atoms with van der Waals surface area (Å²) in [6, 6.07) is 0. The number of hydrogen-bond acceptors (Lipinski definition) is 4. The summed E-state index contributed by atoms with van der Waals surface area (Å²) in [4.78, 5) is 0. The lowest BCUT2D eigenvalue weighted by atomic mass is 10.0. The number of nitrogens with one attached hydrogen (secondary N) is 1. The van der Waals surface area contributed by atoms with E-state index >= 15 is 0 Å². The Morgan fingerprint density at radius 2 is 2.00 bits per heavy atom. The molecule has 1 aromatic rings. The second-order valence-electron chi connectivity index (χ2n) is 5.78. The highest BCUT2D eigenvalue weighted by atomic mass is 16.3. The fourth-order valence-electron chi connectivity index (χ4n) is 1.29. The summed E-state index contributed by atoms with van der Waals surface area (Å²) in [5.74, 6) is 0. The minimum atomic E-state index is -0.653. The smallest absolute Gasteiger partial charge is 0.0965 e. The maximum atomic E-state index is 9.83. The molecule has 0 aliphatic heterocycles. The molecule has 0 spiro atoms. The summed E-state index contributed by atoms with van der Waals surface area (Å²) in [5.41, 5.74) is 0.201. The van der Waals surface area contributed by atoms with Crippen molar-refractivity contribution in [2.75, 3.05) is 6.54 Å². The number of nitrogens with zero attached hydrogens (tertiary/aromatic N) is 3. The van der Waals surface area contributed by atoms with E-state index in [9.17, 15) is 5.11 Å². The summed E-state index contributed by atoms with van der Waals surface area (Å²) < 4.78 is 1.85. The van der Waals surface area contributed by atoms with Crippen LogP contribution in [0.15, 0.2) is 6.20 Å². The van der Waals surface area contributed by atoms with Gasteiger partial charge in [0, 0.05) is 13.1 Å². The van der Waals surface area contributed by atoms with Crippen LogP contribution in [0, 0.1) is 0 Å². The number of aliphatic hydroxyl groups is 1. The van der Waals surface area contributed by atoms with Crippen LogP contribution >= 0.6 is 0 Å². The molecule has 0 saturated heterocycles. The number of aromatic nitrogens is 3. The van der Waals surface area contributed by atoms with Gasteiger partial charge in [0.25, 0.3) is 0 Å². The Bertz CT molecular complexity index is 352. The van der Waals surface area contributed by atoms with Crippen molar-refractivity contribution in [1.82, 2.24) is 20.3 Å². The van der Waals surface area contributed by atoms with Gasteiger partial charge in [-0.2, -0.15) is 0 Å². The number of hydrogen-bond donors (Lipinski definition) is 2. The minimum Gasteiger partial charge on any atom is -0.389 e. The molecule has 1 unspecified atom stereocenters. The van der Waals surface area contributed by atoms with Gasteiger partial charge in [0.15, 0.2) is 0 Å². The first-order chi connectivity index (χ1) is 7.74. The summed E-state index contributed by atoms with van der Waals surface area (Å²) in [5, 5.41) is 21.2. The molecular weight excluding hydrogens is 216 g/mol. The van der Waals surface area contributed by atoms with E-state index in [4.69, 9.17) is 0 Å². The van der Waals surface area contributed by atoms with Crippen molar-refractivity contribution in [3.8, 4) is 0 Å². The molecule has 5 heteroatoms. The Labute approximate surface area is 103 Å². The van der Waals surface area contributed by atoms with Crippen molar-refractivity contribution in [3.63, 3.8) is 0 Å². The molecule has 1 rings (SSSR count). The van der Waals surface area contributed by atoms with Gasteiger partial charge in [-0.1, -0.05) is 12.1 Å². The Morgan fingerprint density at radius 1 is 1.35 bits per heavy atom. The van der Waals surface area contributed by atoms with Gasteiger partial charge in [-0.25, -0.2) is 4.68 Å². The molecular formula is C12H24N4O. The maximum absolute atomic E-state index is 9.83. The van der Waals surface area contributed by atoms with Gasteiger partial charge < -0.3 is 10.4 Å². The molecule has 0 aliphatic rings. The van der Waals surface area contributed by atoms with Gasteiger partial charge in [0.1, 0.15) is 0 Å². The van der Waals surface area contributed by atoms with Crippen LogP contribution in [-0.2, 0) is 12.1 Å². The Balaban J connectivity index is 2.46. The monoisotopic (exact) mass is 240 g/mol. The minimum absolute atomic E-state index is 0.0415. The van der Waals surface area contributed by atoms with E-state index in [1.807, 2.05) is 24.7 Å². The molecule has 2 N–H and O–H groups in total. The first-order valence-electron chi connectivity index (χ1n) is 6.09. The lowest BCUT2D eigenvalue weighted by Crippen LogP contribution is -2.36. The molecule has 98 valence electrons. The fraction of sp³-hybridized carbons (Fsp3) is 0.833. The first-order valence-corrected chi connectivity index (χ1v) is 6.09. The third-order valence-corrected chi connectivity index (χ3v) is 2.80. The Morgan fingerprint density at radius 3 is 2.47 bits per heavy atom. The quantitative estimate of drug-likeness (QED) is 0.814. The molecule has 0 saturated carbocycles. The third-order valence-electron chi connectivity index (χ3n) is 2.80. The molecule has 0 aromatic carbocycles. The van der Waals surface area contributed by atoms with Crippen LogP contribution in [-0.4, -0.2) is 32.2 Å². The second-order valence-corrected chi connectivity index (χ2v) is 5.78. The summed E-state index contributed by atoms with van der Waals surface area (Å²) in [6.45, 7) is 11.2. The van der Waals surface area contributed by atoms with Crippen molar-refractivity contribution in [2.24, 2.45) is 0 Å². The largest absolute Gasteiger partial charge is 0.389 e. The van der Waals surface area contributed by atoms with E-state index in [0.29, 0.717) is 13.1 Å². The molecule has 0 bridgehead atoms. The zero-order chi connectivity index (χ0) is 13.1. The van der Waals surface area contributed by atoms with Gasteiger partial charge >= 0.3 is 0 Å². The van der Waals surface area contributed by atoms with E-state index in [1.54, 1.807) is 0 Å². The Hall–Kier alpha value is -0.940. The van der Waals surface area contributed by atoms with Crippen LogP contribution in [0.2, 0.25) is 0 Å². The molecule has 0 radical (unpaired) electrons. The summed E-state index contributed by atoms with van der Waals surface area (Å²) in [6.07, 6.45) is 2.67. The topological polar surface area (TPSA) is 63.0 Å². The van der Waals surface area contributed by atoms with Gasteiger partial charge in [-0.3, -0.25) is 0 Å². The highest BCUT2D eigenvalue weighted by molar-refractivity contribution is 4.94. The molecule has 0 amide bonds. The normalized spacial score (nSPS) is 15.9. The van der Waals surface area contributed by atoms with Crippen LogP contribution in [0.4, 0.5) is 0 Å². The van der Waals surface area contributed by atoms with E-state index in [1.165, 1.54) is 0 Å². The van der Waals surface area contributed by atoms with Gasteiger partial charge in [0.2, 0.25) is 0 Å². The highest BCUT2D eigenvalue weighted by Gasteiger charge is 2.18. The summed E-state index contributed by atoms with van der Waals surface area (Å²) >= 11 is 0. The van der Waals surface area contributed by atoms with E-state index in [0.717, 1.165) is 12.1 Å². The van der Waals surface area contributed by atoms with E-state index < -0.39 is 5.60 Å². The van der Waals surface area contributed by atoms with Crippen molar-refractivity contribution in [1.29, 1.82) is 0 Å². The van der Waals surface area contributed by atoms with Crippen molar-refractivity contribution in [3.05, 3.63) is 11.9 Å². The average molecular weight is 240 g/mol. The van der Waals surface area contributed by atoms with Crippen molar-refractivity contribution >= 4 is 0 Å². The predicted octanol–water partition coefficient (Wildman–Crippen LogP) is 1.28. The van der Waals surface area contributed by atoms with Crippen molar-refractivity contribution in [2.45, 2.75) is 58.7 Å². The van der Waals surface area contributed by atoms with E-state index in [-0.39, 0.29) is 5.54 Å². The first kappa shape index (κ1) is 14.1. The van der Waals surface area contributed by atoms with Crippen LogP contribution < -0.4 is 5.32 Å². The fourth-order valence-corrected chi connectivity index (χ4v) is 1.29. The van der Waals surface area contributed by atoms with Gasteiger partial charge in [-0.05, 0) is 34.1 Å². The average Bonchev–Trinajstić information content (AvgIpc) is 2.66. The number of rotatable bonds is 5. The molecule has 5 nitrogen and oxygen atoms in total. The standard InChI is InChI=1S/C12H24N4O/c1-6-12(5,17)9-13-7-10-8-16(15-14-10)11(2,3)4/h8,13,17H,6-7,9H2,1-5H3. The SMILES string of the molecule is CCC(C)(O)CNCc1cn(C(C)(C)C)nn1.